The van der Waals surface area contributed by atoms with Crippen LogP contribution >= 0.6 is 7.92 Å². The molecule has 5 rings (SSSR count). The molecule has 0 amide bonds. The predicted octanol–water partition coefficient (Wildman–Crippen LogP) is 5.94. The lowest BCUT2D eigenvalue weighted by atomic mass is 10.0. The molecular weight excluding hydrogens is 481 g/mol. The Morgan fingerprint density at radius 2 is 1.73 bits per heavy atom. The molecule has 1 aliphatic heterocycles. The summed E-state index contributed by atoms with van der Waals surface area (Å²) >= 11 is 0. The van der Waals surface area contributed by atoms with Gasteiger partial charge in [-0.25, -0.2) is 4.98 Å². The third kappa shape index (κ3) is 7.09. The second kappa shape index (κ2) is 12.2. The van der Waals surface area contributed by atoms with Gasteiger partial charge in [0, 0.05) is 41.6 Å². The third-order valence-corrected chi connectivity index (χ3v) is 7.83. The van der Waals surface area contributed by atoms with Gasteiger partial charge >= 0.3 is 0 Å². The largest absolute Gasteiger partial charge is 0.481 e. The maximum absolute atomic E-state index is 9.00. The highest BCUT2D eigenvalue weighted by Gasteiger charge is 2.16. The van der Waals surface area contributed by atoms with Gasteiger partial charge in [-0.3, -0.25) is 4.79 Å². The van der Waals surface area contributed by atoms with Gasteiger partial charge in [0.2, 0.25) is 0 Å². The molecule has 0 radical (unpaired) electrons. The zero-order chi connectivity index (χ0) is 26.4. The molecule has 4 N–H and O–H groups in total. The standard InChI is InChI=1S/C27H32N5P.C2H4O2/c1-32-16-13-21(14-17-32)29-20-10-8-19(9-11-20)25-18-22-23(12-15-28-27(22)31-25)30-24-6-4-5-7-26(24)33(2)3;1-2(3)4/h4-12,15,18,21,29H,13-14,16-17H2,1-3H3,(H2,28,30,31);1H3,(H,3,4). The maximum Gasteiger partial charge on any atom is 0.300 e. The molecular formula is C29H36N5O2P. The monoisotopic (exact) mass is 517 g/mol. The zero-order valence-electron chi connectivity index (χ0n) is 22.0. The number of likely N-dealkylation sites (tertiary alicyclic amines) is 1. The number of hydrogen-bond donors (Lipinski definition) is 4. The number of nitrogens with zero attached hydrogens (tertiary/aromatic N) is 2. The lowest BCUT2D eigenvalue weighted by Gasteiger charge is -2.30. The van der Waals surface area contributed by atoms with Crippen LogP contribution in [0.3, 0.4) is 0 Å². The Hall–Kier alpha value is -3.41. The van der Waals surface area contributed by atoms with Gasteiger partial charge in [-0.15, -0.1) is 0 Å². The van der Waals surface area contributed by atoms with E-state index in [1.165, 1.54) is 35.1 Å². The summed E-state index contributed by atoms with van der Waals surface area (Å²) in [6.45, 7) is 7.99. The van der Waals surface area contributed by atoms with E-state index in [9.17, 15) is 0 Å². The average molecular weight is 518 g/mol. The van der Waals surface area contributed by atoms with Crippen LogP contribution in [0.15, 0.2) is 66.9 Å². The maximum atomic E-state index is 9.00. The number of benzene rings is 2. The number of para-hydroxylation sites is 1. The fraction of sp³-hybridized carbons (Fsp3) is 0.310. The van der Waals surface area contributed by atoms with Gasteiger partial charge in [0.05, 0.1) is 5.69 Å². The van der Waals surface area contributed by atoms with Gasteiger partial charge < -0.3 is 25.6 Å². The first kappa shape index (κ1) is 26.6. The predicted molar refractivity (Wildman–Crippen MR) is 157 cm³/mol. The number of piperidine rings is 1. The second-order valence-electron chi connectivity index (χ2n) is 9.66. The van der Waals surface area contributed by atoms with Crippen molar-refractivity contribution in [2.45, 2.75) is 25.8 Å². The molecule has 8 heteroatoms. The van der Waals surface area contributed by atoms with E-state index in [0.717, 1.165) is 42.4 Å². The van der Waals surface area contributed by atoms with Crippen molar-refractivity contribution >= 4 is 47.3 Å². The van der Waals surface area contributed by atoms with E-state index in [2.05, 4.69) is 107 Å². The number of aromatic amines is 1. The van der Waals surface area contributed by atoms with Gasteiger partial charge in [0.1, 0.15) is 5.65 Å². The molecule has 37 heavy (non-hydrogen) atoms. The highest BCUT2D eigenvalue weighted by molar-refractivity contribution is 7.64. The molecule has 0 bridgehead atoms. The number of carboxylic acid groups (broad SMARTS) is 1. The van der Waals surface area contributed by atoms with Gasteiger partial charge in [-0.1, -0.05) is 38.3 Å². The Kier molecular flexibility index (Phi) is 8.80. The van der Waals surface area contributed by atoms with Crippen LogP contribution in [0.25, 0.3) is 22.3 Å². The number of fused-ring (bicyclic) bond motifs is 1. The van der Waals surface area contributed by atoms with Gasteiger partial charge in [0.15, 0.2) is 0 Å². The Morgan fingerprint density at radius 3 is 2.41 bits per heavy atom. The molecule has 1 aliphatic rings. The van der Waals surface area contributed by atoms with E-state index in [1.54, 1.807) is 0 Å². The Labute approximate surface area is 220 Å². The van der Waals surface area contributed by atoms with Gasteiger partial charge in [-0.2, -0.15) is 0 Å². The van der Waals surface area contributed by atoms with Crippen molar-refractivity contribution < 1.29 is 9.90 Å². The summed E-state index contributed by atoms with van der Waals surface area (Å²) in [5.41, 5.74) is 6.59. The van der Waals surface area contributed by atoms with Crippen LogP contribution in [0, 0.1) is 0 Å². The summed E-state index contributed by atoms with van der Waals surface area (Å²) < 4.78 is 0. The molecule has 194 valence electrons. The van der Waals surface area contributed by atoms with E-state index in [4.69, 9.17) is 9.90 Å². The van der Waals surface area contributed by atoms with E-state index in [0.29, 0.717) is 6.04 Å². The molecule has 0 saturated carbocycles. The quantitative estimate of drug-likeness (QED) is 0.237. The number of nitrogens with one attached hydrogen (secondary N) is 3. The molecule has 1 saturated heterocycles. The van der Waals surface area contributed by atoms with Crippen molar-refractivity contribution in [3.63, 3.8) is 0 Å². The van der Waals surface area contributed by atoms with Crippen molar-refractivity contribution in [3.8, 4) is 11.3 Å². The summed E-state index contributed by atoms with van der Waals surface area (Å²) in [5.74, 6) is -0.833. The van der Waals surface area contributed by atoms with Crippen LogP contribution in [0.5, 0.6) is 0 Å². The van der Waals surface area contributed by atoms with Crippen molar-refractivity contribution in [2.75, 3.05) is 44.1 Å². The molecule has 0 aliphatic carbocycles. The van der Waals surface area contributed by atoms with Crippen LogP contribution in [0.4, 0.5) is 17.1 Å². The first-order valence-electron chi connectivity index (χ1n) is 12.6. The molecule has 2 aromatic carbocycles. The van der Waals surface area contributed by atoms with Crippen LogP contribution in [-0.4, -0.2) is 65.5 Å². The van der Waals surface area contributed by atoms with Crippen LogP contribution in [0.1, 0.15) is 19.8 Å². The van der Waals surface area contributed by atoms with Crippen LogP contribution < -0.4 is 15.9 Å². The fourth-order valence-electron chi connectivity index (χ4n) is 4.54. The smallest absolute Gasteiger partial charge is 0.300 e. The van der Waals surface area contributed by atoms with Crippen LogP contribution in [0.2, 0.25) is 0 Å². The van der Waals surface area contributed by atoms with E-state index < -0.39 is 5.97 Å². The molecule has 1 fully saturated rings. The number of aromatic nitrogens is 2. The number of anilines is 3. The number of aliphatic carboxylic acids is 1. The first-order chi connectivity index (χ1) is 17.8. The summed E-state index contributed by atoms with van der Waals surface area (Å²) in [6, 6.07) is 22.2. The number of carbonyl (C=O) groups is 1. The molecule has 7 nitrogen and oxygen atoms in total. The molecule has 4 aromatic rings. The summed E-state index contributed by atoms with van der Waals surface area (Å²) in [4.78, 5) is 19.5. The minimum Gasteiger partial charge on any atom is -0.481 e. The fourth-order valence-corrected chi connectivity index (χ4v) is 5.54. The highest BCUT2D eigenvalue weighted by atomic mass is 31.1. The molecule has 0 atom stereocenters. The number of pyridine rings is 1. The lowest BCUT2D eigenvalue weighted by Crippen LogP contribution is -2.36. The SMILES string of the molecule is CC(=O)O.CN1CCC(Nc2ccc(-c3cc4c(Nc5ccccc5P(C)C)ccnc4[nH]3)cc2)CC1. The second-order valence-corrected chi connectivity index (χ2v) is 11.9. The molecule has 0 unspecified atom stereocenters. The number of hydrogen-bond acceptors (Lipinski definition) is 5. The zero-order valence-corrected chi connectivity index (χ0v) is 22.8. The van der Waals surface area contributed by atoms with Crippen molar-refractivity contribution in [2.24, 2.45) is 0 Å². The number of H-pyrrole nitrogens is 1. The minimum absolute atomic E-state index is 0.193. The summed E-state index contributed by atoms with van der Waals surface area (Å²) in [5, 5.41) is 17.3. The average Bonchev–Trinajstić information content (AvgIpc) is 3.31. The third-order valence-electron chi connectivity index (χ3n) is 6.47. The topological polar surface area (TPSA) is 93.3 Å². The van der Waals surface area contributed by atoms with Gasteiger partial charge in [-0.05, 0) is 87.5 Å². The van der Waals surface area contributed by atoms with Crippen molar-refractivity contribution in [1.29, 1.82) is 0 Å². The molecule has 2 aromatic heterocycles. The molecule has 3 heterocycles. The Bertz CT molecular complexity index is 1320. The lowest BCUT2D eigenvalue weighted by molar-refractivity contribution is -0.134. The Balaban J connectivity index is 0.000000747. The van der Waals surface area contributed by atoms with Crippen LogP contribution in [-0.2, 0) is 4.79 Å². The first-order valence-corrected chi connectivity index (χ1v) is 14.8. The molecule has 0 spiro atoms. The van der Waals surface area contributed by atoms with Gasteiger partial charge in [0.25, 0.3) is 5.97 Å². The number of rotatable bonds is 6. The van der Waals surface area contributed by atoms with Crippen molar-refractivity contribution in [3.05, 3.63) is 66.9 Å². The summed E-state index contributed by atoms with van der Waals surface area (Å²) in [6.07, 6.45) is 4.26. The number of carboxylic acids is 1. The summed E-state index contributed by atoms with van der Waals surface area (Å²) in [7, 11) is 2.01. The Morgan fingerprint density at radius 1 is 1.05 bits per heavy atom. The normalized spacial score (nSPS) is 14.3. The van der Waals surface area contributed by atoms with E-state index in [-0.39, 0.29) is 7.92 Å². The van der Waals surface area contributed by atoms with E-state index in [1.807, 2.05) is 6.20 Å². The van der Waals surface area contributed by atoms with Crippen molar-refractivity contribution in [1.82, 2.24) is 14.9 Å². The minimum atomic E-state index is -0.833. The van der Waals surface area contributed by atoms with E-state index >= 15 is 0 Å². The highest BCUT2D eigenvalue weighted by Crippen LogP contribution is 2.33.